The molecule has 47 heavy (non-hydrogen) atoms. The van der Waals surface area contributed by atoms with Crippen LogP contribution >= 0.6 is 23.5 Å². The first-order valence-corrected chi connectivity index (χ1v) is 14.8. The Kier molecular flexibility index (Phi) is 13.5. The maximum Gasteiger partial charge on any atom is 1.00 e. The van der Waals surface area contributed by atoms with Crippen LogP contribution in [-0.4, -0.2) is 99.0 Å². The molecule has 2 unspecified atom stereocenters. The van der Waals surface area contributed by atoms with Gasteiger partial charge >= 0.3 is 77.1 Å². The fourth-order valence-corrected chi connectivity index (χ4v) is 6.78. The number of thioether (sulfide) groups is 2. The van der Waals surface area contributed by atoms with Crippen LogP contribution in [0.15, 0.2) is 63.5 Å². The molecule has 2 aliphatic rings. The number of carbonyl (C=O) groups excluding carboxylic acids is 4. The van der Waals surface area contributed by atoms with Crippen LogP contribution in [0.25, 0.3) is 0 Å². The molecule has 3 aromatic rings. The molecule has 2 aromatic heterocycles. The van der Waals surface area contributed by atoms with E-state index in [4.69, 9.17) is 9.52 Å². The van der Waals surface area contributed by atoms with Gasteiger partial charge in [0.1, 0.15) is 35.4 Å². The van der Waals surface area contributed by atoms with Gasteiger partial charge in [0.2, 0.25) is 11.1 Å². The first-order valence-electron chi connectivity index (χ1n) is 12.8. The van der Waals surface area contributed by atoms with Crippen LogP contribution in [0.2, 0.25) is 0 Å². The Morgan fingerprint density at radius 1 is 1.13 bits per heavy atom. The second kappa shape index (κ2) is 16.6. The Labute approximate surface area is 320 Å². The molecular formula is C25H24N8Na2O10S2. The summed E-state index contributed by atoms with van der Waals surface area (Å²) >= 11 is 2.20. The summed E-state index contributed by atoms with van der Waals surface area (Å²) < 4.78 is 5.99. The summed E-state index contributed by atoms with van der Waals surface area (Å²) in [6.45, 7) is -0.495. The molecule has 6 N–H and O–H groups in total. The molecule has 238 valence electrons. The van der Waals surface area contributed by atoms with Gasteiger partial charge in [0.05, 0.1) is 6.26 Å². The number of hydrogen-bond donors (Lipinski definition) is 6. The van der Waals surface area contributed by atoms with Crippen molar-refractivity contribution in [3.8, 4) is 5.75 Å². The van der Waals surface area contributed by atoms with E-state index >= 15 is 0 Å². The molecule has 5 amide bonds. The van der Waals surface area contributed by atoms with Crippen molar-refractivity contribution in [2.75, 3.05) is 11.5 Å². The molecule has 0 spiro atoms. The van der Waals surface area contributed by atoms with E-state index in [0.717, 1.165) is 21.3 Å². The molecule has 3 atom stereocenters. The Hall–Kier alpha value is -3.37. The first kappa shape index (κ1) is 38.1. The molecule has 18 nitrogen and oxygen atoms in total. The van der Waals surface area contributed by atoms with Gasteiger partial charge in [0.25, 0.3) is 11.8 Å². The van der Waals surface area contributed by atoms with Gasteiger partial charge in [-0.1, -0.05) is 23.9 Å². The minimum atomic E-state index is -1.43. The topological polar surface area (TPSA) is 259 Å². The number of nitrogens with zero attached hydrogens (tertiary/aromatic N) is 5. The number of furan rings is 1. The molecule has 0 bridgehead atoms. The average molecular weight is 707 g/mol. The Morgan fingerprint density at radius 2 is 1.85 bits per heavy atom. The summed E-state index contributed by atoms with van der Waals surface area (Å²) in [5.74, 6) is -5.02. The van der Waals surface area contributed by atoms with Gasteiger partial charge in [-0.05, 0) is 45.8 Å². The largest absolute Gasteiger partial charge is 1.00 e. The fraction of sp³-hybridized carbons (Fsp3) is 0.240. The third-order valence-electron chi connectivity index (χ3n) is 6.44. The molecular weight excluding hydrogens is 682 g/mol. The van der Waals surface area contributed by atoms with E-state index in [1.54, 1.807) is 0 Å². The number of phenolic OH excluding ortho intramolecular Hbond substituents is 1. The number of phenols is 1. The van der Waals surface area contributed by atoms with Crippen LogP contribution in [0, 0.1) is 0 Å². The zero-order chi connectivity index (χ0) is 32.2. The molecule has 4 heterocycles. The number of carboxylic acid groups (broad SMARTS) is 2. The van der Waals surface area contributed by atoms with E-state index in [2.05, 4.69) is 26.2 Å². The minimum absolute atomic E-state index is 0. The van der Waals surface area contributed by atoms with Crippen molar-refractivity contribution in [2.45, 2.75) is 29.2 Å². The van der Waals surface area contributed by atoms with Gasteiger partial charge < -0.3 is 33.2 Å². The molecule has 2 aliphatic heterocycles. The van der Waals surface area contributed by atoms with Gasteiger partial charge in [-0.2, -0.15) is 0 Å². The van der Waals surface area contributed by atoms with Crippen molar-refractivity contribution in [1.29, 1.82) is 0 Å². The number of fused-ring (bicyclic) bond motifs is 1. The number of β-lactam (4-membered cyclic amide) rings is 1. The number of tetrazole rings is 1. The quantitative estimate of drug-likeness (QED) is 0.0616. The summed E-state index contributed by atoms with van der Waals surface area (Å²) in [5.41, 5.74) is 0.294. The zero-order valence-electron chi connectivity index (χ0n) is 26.6. The summed E-state index contributed by atoms with van der Waals surface area (Å²) in [7, 11) is 0. The smallest absolute Gasteiger partial charge is 1.00 e. The number of benzene rings is 1. The van der Waals surface area contributed by atoms with Gasteiger partial charge in [0.15, 0.2) is 5.76 Å². The predicted octanol–water partition coefficient (Wildman–Crippen LogP) is -6.00. The fourth-order valence-electron chi connectivity index (χ4n) is 4.42. The minimum Gasteiger partial charge on any atom is -1.00 e. The molecule has 5 rings (SSSR count). The number of aromatic nitrogens is 4. The molecule has 1 fully saturated rings. The third-order valence-corrected chi connectivity index (χ3v) is 8.83. The van der Waals surface area contributed by atoms with Crippen molar-refractivity contribution >= 4 is 59.2 Å². The zero-order valence-corrected chi connectivity index (χ0v) is 30.3. The summed E-state index contributed by atoms with van der Waals surface area (Å²) in [6, 6.07) is 4.43. The third kappa shape index (κ3) is 8.76. The normalized spacial score (nSPS) is 17.2. The number of nitrogens with one attached hydrogen (secondary N) is 3. The van der Waals surface area contributed by atoms with Crippen LogP contribution in [0.3, 0.4) is 0 Å². The van der Waals surface area contributed by atoms with Crippen LogP contribution in [-0.2, 0) is 25.7 Å². The van der Waals surface area contributed by atoms with Crippen LogP contribution in [0.4, 0.5) is 4.79 Å². The number of hydrogen-bond acceptors (Lipinski definition) is 13. The monoisotopic (exact) mass is 706 g/mol. The number of carbonyl (C=O) groups is 6. The summed E-state index contributed by atoms with van der Waals surface area (Å²) in [4.78, 5) is 75.8. The van der Waals surface area contributed by atoms with E-state index in [-0.39, 0.29) is 101 Å². The number of urea groups is 1. The maximum absolute atomic E-state index is 13.4. The second-order valence-corrected chi connectivity index (χ2v) is 11.4. The molecule has 22 heteroatoms. The van der Waals surface area contributed by atoms with Gasteiger partial charge in [-0.15, -0.1) is 16.9 Å². The number of imide groups is 1. The van der Waals surface area contributed by atoms with Gasteiger partial charge in [0, 0.05) is 11.5 Å². The number of aliphatic carboxylic acids is 2. The van der Waals surface area contributed by atoms with E-state index in [0.29, 0.717) is 5.57 Å². The summed E-state index contributed by atoms with van der Waals surface area (Å²) in [5, 5.41) is 45.7. The average Bonchev–Trinajstić information content (AvgIpc) is 3.70. The van der Waals surface area contributed by atoms with E-state index in [1.165, 1.54) is 54.4 Å². The maximum atomic E-state index is 13.4. The van der Waals surface area contributed by atoms with Gasteiger partial charge in [-0.25, -0.2) is 14.3 Å². The summed E-state index contributed by atoms with van der Waals surface area (Å²) in [6.07, 6.45) is 1.24. The standard InChI is InChI=1S/C25H22N8O10S2.2Na.2H/c34-13-5-3-11(4-6-13)16(27-24(42)28-19(37)14-2-1-7-43-14)20(38)26-17-21(39)33-18(23(40)41)12(9-44-22(17)33)10-45-25-29-30-31-32(25)8-15(35)36;;;;/h1-7,16-17,22,34H,8-10H2,(H,26,38)(H,35,36)(H,40,41)(H2,27,28,37,42);;;;/q;2*+1;2*-1/t16?,17?,22-;;;;/m1..../s1. The van der Waals surface area contributed by atoms with Crippen LogP contribution < -0.4 is 75.1 Å². The Morgan fingerprint density at radius 3 is 2.49 bits per heavy atom. The predicted molar refractivity (Wildman–Crippen MR) is 154 cm³/mol. The molecule has 0 aliphatic carbocycles. The number of aromatic hydroxyl groups is 1. The Bertz CT molecular complexity index is 1720. The van der Waals surface area contributed by atoms with Crippen molar-refractivity contribution < 1.29 is 110 Å². The molecule has 1 saturated heterocycles. The van der Waals surface area contributed by atoms with Crippen molar-refractivity contribution in [3.05, 3.63) is 65.3 Å². The molecule has 0 saturated carbocycles. The van der Waals surface area contributed by atoms with Gasteiger partial charge in [-0.3, -0.25) is 29.4 Å². The van der Waals surface area contributed by atoms with E-state index in [9.17, 15) is 39.0 Å². The Balaban J connectivity index is 0.00000300. The van der Waals surface area contributed by atoms with Crippen molar-refractivity contribution in [3.63, 3.8) is 0 Å². The van der Waals surface area contributed by atoms with E-state index < -0.39 is 59.7 Å². The van der Waals surface area contributed by atoms with E-state index in [1.807, 2.05) is 5.32 Å². The van der Waals surface area contributed by atoms with Crippen LogP contribution in [0.5, 0.6) is 5.75 Å². The van der Waals surface area contributed by atoms with Crippen molar-refractivity contribution in [1.82, 2.24) is 41.1 Å². The molecule has 1 aromatic carbocycles. The number of carboxylic acids is 2. The molecule has 0 radical (unpaired) electrons. The van der Waals surface area contributed by atoms with Crippen molar-refractivity contribution in [2.24, 2.45) is 0 Å². The number of amides is 5. The van der Waals surface area contributed by atoms with Crippen LogP contribution in [0.1, 0.15) is 25.0 Å². The first-order chi connectivity index (χ1) is 21.5. The second-order valence-electron chi connectivity index (χ2n) is 9.38. The SMILES string of the molecule is O=C(O)Cn1nnnc1SCC1=C(C(=O)O)N2C(=O)C(NC(=O)C(NC(=O)NC(=O)c3ccco3)c3ccc(O)cc3)[C@H]2SC1.[H-].[H-].[Na+].[Na+]. The number of rotatable bonds is 11.